The van der Waals surface area contributed by atoms with Gasteiger partial charge in [0.05, 0.1) is 5.76 Å². The quantitative estimate of drug-likeness (QED) is 0.133. The van der Waals surface area contributed by atoms with Gasteiger partial charge in [0.2, 0.25) is 10.5 Å². The predicted molar refractivity (Wildman–Crippen MR) is 167 cm³/mol. The summed E-state index contributed by atoms with van der Waals surface area (Å²) in [6.07, 6.45) is 7.08. The van der Waals surface area contributed by atoms with Crippen molar-refractivity contribution in [2.24, 2.45) is 0 Å². The minimum atomic E-state index is -0.142. The van der Waals surface area contributed by atoms with Gasteiger partial charge in [-0.3, -0.25) is 4.79 Å². The molecular weight excluding hydrogens is 512 g/mol. The Morgan fingerprint density at radius 1 is 1.02 bits per heavy atom. The van der Waals surface area contributed by atoms with Gasteiger partial charge in [0.25, 0.3) is 0 Å². The molecule has 3 aromatic rings. The van der Waals surface area contributed by atoms with Gasteiger partial charge in [0, 0.05) is 18.3 Å². The normalized spacial score (nSPS) is 15.8. The molecule has 4 nitrogen and oxygen atoms in total. The number of carbonyl (C=O) groups excluding carboxylic acids is 1. The second kappa shape index (κ2) is 13.4. The van der Waals surface area contributed by atoms with Crippen molar-refractivity contribution in [1.82, 2.24) is 0 Å². The number of hydrogen-bond donors (Lipinski definition) is 0. The van der Waals surface area contributed by atoms with Crippen LogP contribution in [0.1, 0.15) is 80.7 Å². The Labute approximate surface area is 243 Å². The van der Waals surface area contributed by atoms with Gasteiger partial charge >= 0.3 is 5.97 Å². The van der Waals surface area contributed by atoms with E-state index in [1.54, 1.807) is 0 Å². The predicted octanol–water partition coefficient (Wildman–Crippen LogP) is 7.29. The van der Waals surface area contributed by atoms with E-state index in [0.29, 0.717) is 13.0 Å². The average molecular weight is 557 g/mol. The Balaban J connectivity index is 1.57. The number of carbonyl (C=O) groups is 1. The Morgan fingerprint density at radius 3 is 2.35 bits per heavy atom. The minimum Gasteiger partial charge on any atom is -0.556 e. The van der Waals surface area contributed by atoms with E-state index in [-0.39, 0.29) is 17.5 Å². The van der Waals surface area contributed by atoms with E-state index in [2.05, 4.69) is 94.4 Å². The number of cyclic esters (lactones) is 1. The number of esters is 1. The SMILES string of the molecule is CC=C(CCc1cccc(-c2ccc(C(CC)(CC)c3ccc(OC[C@H]4CCC(=O)O4)c(C)c3)cc2C)c1)O[SiH3]. The Morgan fingerprint density at radius 2 is 1.75 bits per heavy atom. The van der Waals surface area contributed by atoms with Gasteiger partial charge in [-0.25, -0.2) is 0 Å². The van der Waals surface area contributed by atoms with Crippen LogP contribution >= 0.6 is 0 Å². The summed E-state index contributed by atoms with van der Waals surface area (Å²) in [4.78, 5) is 11.4. The lowest BCUT2D eigenvalue weighted by molar-refractivity contribution is -0.142. The summed E-state index contributed by atoms with van der Waals surface area (Å²) in [6.45, 7) is 11.3. The molecule has 0 spiro atoms. The van der Waals surface area contributed by atoms with Crippen molar-refractivity contribution in [1.29, 1.82) is 0 Å². The van der Waals surface area contributed by atoms with Crippen molar-refractivity contribution in [3.8, 4) is 16.9 Å². The van der Waals surface area contributed by atoms with E-state index >= 15 is 0 Å². The summed E-state index contributed by atoms with van der Waals surface area (Å²) in [5.74, 6) is 1.81. The number of aryl methyl sites for hydroxylation is 3. The van der Waals surface area contributed by atoms with Gasteiger partial charge in [-0.05, 0) is 91.5 Å². The van der Waals surface area contributed by atoms with Gasteiger partial charge in [0.15, 0.2) is 0 Å². The van der Waals surface area contributed by atoms with Gasteiger partial charge < -0.3 is 13.9 Å². The van der Waals surface area contributed by atoms with Gasteiger partial charge in [-0.2, -0.15) is 0 Å². The molecule has 0 N–H and O–H groups in total. The molecule has 1 atom stereocenters. The molecule has 0 aliphatic carbocycles. The first kappa shape index (κ1) is 29.7. The maximum atomic E-state index is 11.4. The molecule has 1 heterocycles. The molecule has 1 aliphatic rings. The van der Waals surface area contributed by atoms with Crippen LogP contribution in [0.15, 0.2) is 72.5 Å². The first-order chi connectivity index (χ1) is 19.3. The van der Waals surface area contributed by atoms with Crippen LogP contribution in [-0.2, 0) is 25.8 Å². The Kier molecular flexibility index (Phi) is 9.91. The van der Waals surface area contributed by atoms with E-state index in [1.807, 2.05) is 6.92 Å². The highest BCUT2D eigenvalue weighted by Crippen LogP contribution is 2.42. The van der Waals surface area contributed by atoms with Crippen molar-refractivity contribution >= 4 is 16.5 Å². The second-order valence-electron chi connectivity index (χ2n) is 10.9. The molecule has 0 saturated carbocycles. The Bertz CT molecular complexity index is 1360. The lowest BCUT2D eigenvalue weighted by atomic mass is 9.69. The highest BCUT2D eigenvalue weighted by molar-refractivity contribution is 5.98. The largest absolute Gasteiger partial charge is 0.556 e. The molecule has 1 aliphatic heterocycles. The van der Waals surface area contributed by atoms with Crippen LogP contribution in [0.3, 0.4) is 0 Å². The molecule has 1 fully saturated rings. The number of allylic oxidation sites excluding steroid dienone is 2. The van der Waals surface area contributed by atoms with Crippen LogP contribution in [0.2, 0.25) is 0 Å². The van der Waals surface area contributed by atoms with E-state index in [0.717, 1.165) is 59.7 Å². The molecule has 4 rings (SSSR count). The van der Waals surface area contributed by atoms with Crippen molar-refractivity contribution in [2.45, 2.75) is 84.7 Å². The molecule has 0 radical (unpaired) electrons. The third-order valence-corrected chi connectivity index (χ3v) is 9.11. The number of hydrogen-bond acceptors (Lipinski definition) is 4. The highest BCUT2D eigenvalue weighted by atomic mass is 28.2. The standard InChI is InChI=1S/C35H44O4Si/c1-6-30(39-40)15-12-26-10-9-11-27(22-26)32-17-13-28(20-24(32)4)35(7-2,8-3)29-14-18-33(25(5)21-29)37-23-31-16-19-34(36)38-31/h6,9-11,13-14,17-18,20-22,31H,7-8,12,15-16,19,23H2,1-5,40H3/t31-/m1/s1. The number of rotatable bonds is 12. The molecule has 3 aromatic carbocycles. The Hall–Kier alpha value is -3.31. The van der Waals surface area contributed by atoms with E-state index in [1.165, 1.54) is 33.4 Å². The van der Waals surface area contributed by atoms with E-state index in [4.69, 9.17) is 13.9 Å². The minimum absolute atomic E-state index is 0.0816. The lowest BCUT2D eigenvalue weighted by Gasteiger charge is -2.34. The topological polar surface area (TPSA) is 44.8 Å². The summed E-state index contributed by atoms with van der Waals surface area (Å²) in [5.41, 5.74) is 8.86. The fraction of sp³-hybridized carbons (Fsp3) is 0.400. The summed E-state index contributed by atoms with van der Waals surface area (Å²) in [5, 5.41) is 0. The molecule has 0 unspecified atom stereocenters. The summed E-state index contributed by atoms with van der Waals surface area (Å²) in [7, 11) is 0.731. The summed E-state index contributed by atoms with van der Waals surface area (Å²) in [6, 6.07) is 22.5. The van der Waals surface area contributed by atoms with Crippen LogP contribution < -0.4 is 4.74 Å². The molecule has 40 heavy (non-hydrogen) atoms. The maximum absolute atomic E-state index is 11.4. The van der Waals surface area contributed by atoms with E-state index < -0.39 is 0 Å². The molecule has 212 valence electrons. The van der Waals surface area contributed by atoms with Crippen molar-refractivity contribution < 1.29 is 18.7 Å². The molecule has 0 aromatic heterocycles. The van der Waals surface area contributed by atoms with Crippen LogP contribution in [0, 0.1) is 13.8 Å². The summed E-state index contributed by atoms with van der Waals surface area (Å²) >= 11 is 0. The molecule has 0 amide bonds. The molecular formula is C35H44O4Si. The fourth-order valence-corrected chi connectivity index (χ4v) is 6.48. The van der Waals surface area contributed by atoms with Crippen LogP contribution in [0.4, 0.5) is 0 Å². The second-order valence-corrected chi connectivity index (χ2v) is 11.3. The average Bonchev–Trinajstić information content (AvgIpc) is 3.39. The van der Waals surface area contributed by atoms with Crippen molar-refractivity contribution in [2.75, 3.05) is 6.61 Å². The first-order valence-electron chi connectivity index (χ1n) is 14.7. The van der Waals surface area contributed by atoms with Gasteiger partial charge in [-0.15, -0.1) is 0 Å². The zero-order valence-corrected chi connectivity index (χ0v) is 27.0. The van der Waals surface area contributed by atoms with E-state index in [9.17, 15) is 4.79 Å². The highest BCUT2D eigenvalue weighted by Gasteiger charge is 2.32. The fourth-order valence-electron chi connectivity index (χ4n) is 6.04. The third kappa shape index (κ3) is 6.52. The van der Waals surface area contributed by atoms with Gasteiger partial charge in [0.1, 0.15) is 18.5 Å². The number of benzene rings is 3. The molecule has 0 bridgehead atoms. The smallest absolute Gasteiger partial charge is 0.306 e. The monoisotopic (exact) mass is 556 g/mol. The van der Waals surface area contributed by atoms with Crippen LogP contribution in [0.25, 0.3) is 11.1 Å². The zero-order chi connectivity index (χ0) is 28.7. The molecule has 5 heteroatoms. The third-order valence-electron chi connectivity index (χ3n) is 8.59. The van der Waals surface area contributed by atoms with Crippen molar-refractivity contribution in [3.05, 3.63) is 100 Å². The summed E-state index contributed by atoms with van der Waals surface area (Å²) < 4.78 is 17.0. The zero-order valence-electron chi connectivity index (χ0n) is 25.0. The molecule has 1 saturated heterocycles. The van der Waals surface area contributed by atoms with Crippen LogP contribution in [-0.4, -0.2) is 29.2 Å². The van der Waals surface area contributed by atoms with Crippen molar-refractivity contribution in [3.63, 3.8) is 0 Å². The maximum Gasteiger partial charge on any atom is 0.306 e. The lowest BCUT2D eigenvalue weighted by Crippen LogP contribution is -2.26. The number of ether oxygens (including phenoxy) is 2. The van der Waals surface area contributed by atoms with Crippen LogP contribution in [0.5, 0.6) is 5.75 Å². The first-order valence-corrected chi connectivity index (χ1v) is 15.5. The van der Waals surface area contributed by atoms with Gasteiger partial charge in [-0.1, -0.05) is 74.5 Å².